The van der Waals surface area contributed by atoms with Crippen molar-refractivity contribution in [2.75, 3.05) is 78.0 Å². The lowest BCUT2D eigenvalue weighted by Gasteiger charge is -2.35. The van der Waals surface area contributed by atoms with Crippen LogP contribution >= 0.6 is 11.8 Å². The number of ether oxygens (including phenoxy) is 2. The van der Waals surface area contributed by atoms with Crippen LogP contribution in [0.4, 0.5) is 0 Å². The molecular weight excluding hydrogens is 360 g/mol. The third kappa shape index (κ3) is 6.24. The summed E-state index contributed by atoms with van der Waals surface area (Å²) in [5.74, 6) is 3.01. The van der Waals surface area contributed by atoms with Crippen molar-refractivity contribution < 1.29 is 9.47 Å². The Kier molecular flexibility index (Phi) is 8.55. The molecule has 3 saturated heterocycles. The predicted molar refractivity (Wildman–Crippen MR) is 114 cm³/mol. The van der Waals surface area contributed by atoms with E-state index in [2.05, 4.69) is 40.7 Å². The quantitative estimate of drug-likeness (QED) is 0.522. The van der Waals surface area contributed by atoms with Gasteiger partial charge in [-0.15, -0.1) is 0 Å². The molecule has 1 N–H and O–H groups in total. The van der Waals surface area contributed by atoms with Gasteiger partial charge < -0.3 is 19.7 Å². The maximum absolute atomic E-state index is 5.61. The highest BCUT2D eigenvalue weighted by Gasteiger charge is 2.33. The van der Waals surface area contributed by atoms with Crippen molar-refractivity contribution in [3.63, 3.8) is 0 Å². The molecule has 1 atom stereocenters. The SMILES string of the molecule is CCNC(=NCC1(SCC)CCOCC1)N1CCC(CN2CCOCC2)C1. The van der Waals surface area contributed by atoms with Gasteiger partial charge in [0.1, 0.15) is 0 Å². The van der Waals surface area contributed by atoms with Gasteiger partial charge >= 0.3 is 0 Å². The van der Waals surface area contributed by atoms with Gasteiger partial charge in [0.05, 0.1) is 19.8 Å². The van der Waals surface area contributed by atoms with E-state index in [0.29, 0.717) is 0 Å². The highest BCUT2D eigenvalue weighted by molar-refractivity contribution is 8.00. The molecule has 0 bridgehead atoms. The highest BCUT2D eigenvalue weighted by Crippen LogP contribution is 2.35. The Balaban J connectivity index is 1.56. The Morgan fingerprint density at radius 2 is 1.85 bits per heavy atom. The van der Waals surface area contributed by atoms with E-state index in [0.717, 1.165) is 96.2 Å². The lowest BCUT2D eigenvalue weighted by atomic mass is 9.99. The van der Waals surface area contributed by atoms with Gasteiger partial charge in [0.25, 0.3) is 0 Å². The number of rotatable bonds is 7. The average Bonchev–Trinajstić information content (AvgIpc) is 3.15. The fourth-order valence-electron chi connectivity index (χ4n) is 4.37. The maximum atomic E-state index is 5.61. The monoisotopic (exact) mass is 398 g/mol. The third-order valence-electron chi connectivity index (χ3n) is 5.91. The van der Waals surface area contributed by atoms with Crippen molar-refractivity contribution in [2.24, 2.45) is 10.9 Å². The number of guanidine groups is 1. The van der Waals surface area contributed by atoms with Crippen LogP contribution in [0.5, 0.6) is 0 Å². The van der Waals surface area contributed by atoms with Crippen molar-refractivity contribution in [3.8, 4) is 0 Å². The molecule has 0 spiro atoms. The molecule has 3 aliphatic heterocycles. The summed E-state index contributed by atoms with van der Waals surface area (Å²) in [6.45, 7) is 15.4. The standard InChI is InChI=1S/C20H38N4O2S/c1-3-21-19(22-17-20(27-4-2)6-11-25-12-7-20)24-8-5-18(16-24)15-23-9-13-26-14-10-23/h18H,3-17H2,1-2H3,(H,21,22). The van der Waals surface area contributed by atoms with Gasteiger partial charge in [0, 0.05) is 57.2 Å². The molecule has 156 valence electrons. The smallest absolute Gasteiger partial charge is 0.193 e. The van der Waals surface area contributed by atoms with Gasteiger partial charge in [-0.1, -0.05) is 6.92 Å². The lowest BCUT2D eigenvalue weighted by Crippen LogP contribution is -2.43. The summed E-state index contributed by atoms with van der Waals surface area (Å²) in [5.41, 5.74) is 0. The Morgan fingerprint density at radius 1 is 1.11 bits per heavy atom. The molecule has 0 aromatic carbocycles. The molecule has 0 aromatic heterocycles. The molecule has 3 rings (SSSR count). The van der Waals surface area contributed by atoms with Gasteiger partial charge in [-0.25, -0.2) is 0 Å². The molecule has 27 heavy (non-hydrogen) atoms. The van der Waals surface area contributed by atoms with Gasteiger partial charge in [-0.3, -0.25) is 9.89 Å². The van der Waals surface area contributed by atoms with Gasteiger partial charge in [0.15, 0.2) is 5.96 Å². The van der Waals surface area contributed by atoms with E-state index in [-0.39, 0.29) is 4.75 Å². The largest absolute Gasteiger partial charge is 0.381 e. The first-order valence-electron chi connectivity index (χ1n) is 10.8. The number of aliphatic imine (C=N–C) groups is 1. The first-order valence-corrected chi connectivity index (χ1v) is 11.8. The summed E-state index contributed by atoms with van der Waals surface area (Å²) in [7, 11) is 0. The van der Waals surface area contributed by atoms with E-state index >= 15 is 0 Å². The Bertz CT molecular complexity index is 459. The summed E-state index contributed by atoms with van der Waals surface area (Å²) in [5, 5.41) is 3.55. The van der Waals surface area contributed by atoms with E-state index in [1.54, 1.807) is 0 Å². The number of hydrogen-bond donors (Lipinski definition) is 1. The summed E-state index contributed by atoms with van der Waals surface area (Å²) < 4.78 is 11.4. The first kappa shape index (κ1) is 21.2. The van der Waals surface area contributed by atoms with Crippen molar-refractivity contribution >= 4 is 17.7 Å². The summed E-state index contributed by atoms with van der Waals surface area (Å²) >= 11 is 2.07. The van der Waals surface area contributed by atoms with Crippen LogP contribution in [0.25, 0.3) is 0 Å². The van der Waals surface area contributed by atoms with Crippen LogP contribution in [0, 0.1) is 5.92 Å². The average molecular weight is 399 g/mol. The van der Waals surface area contributed by atoms with Crippen molar-refractivity contribution in [3.05, 3.63) is 0 Å². The minimum absolute atomic E-state index is 0.264. The van der Waals surface area contributed by atoms with E-state index in [4.69, 9.17) is 14.5 Å². The van der Waals surface area contributed by atoms with Crippen LogP contribution in [0.15, 0.2) is 4.99 Å². The number of morpholine rings is 1. The first-order chi connectivity index (χ1) is 13.2. The number of thioether (sulfide) groups is 1. The Labute approximate surface area is 169 Å². The van der Waals surface area contributed by atoms with Crippen molar-refractivity contribution in [1.29, 1.82) is 0 Å². The molecule has 0 radical (unpaired) electrons. The molecule has 6 nitrogen and oxygen atoms in total. The zero-order valence-corrected chi connectivity index (χ0v) is 18.1. The summed E-state index contributed by atoms with van der Waals surface area (Å²) in [6, 6.07) is 0. The number of likely N-dealkylation sites (tertiary alicyclic amines) is 1. The zero-order valence-electron chi connectivity index (χ0n) is 17.3. The fourth-order valence-corrected chi connectivity index (χ4v) is 5.59. The lowest BCUT2D eigenvalue weighted by molar-refractivity contribution is 0.0315. The molecule has 3 fully saturated rings. The van der Waals surface area contributed by atoms with Crippen LogP contribution in [-0.4, -0.2) is 98.5 Å². The van der Waals surface area contributed by atoms with E-state index in [9.17, 15) is 0 Å². The highest BCUT2D eigenvalue weighted by atomic mass is 32.2. The second kappa shape index (κ2) is 10.9. The van der Waals surface area contributed by atoms with Crippen LogP contribution < -0.4 is 5.32 Å². The van der Waals surface area contributed by atoms with E-state index in [1.165, 1.54) is 13.0 Å². The van der Waals surface area contributed by atoms with Crippen LogP contribution in [-0.2, 0) is 9.47 Å². The molecule has 1 unspecified atom stereocenters. The van der Waals surface area contributed by atoms with Gasteiger partial charge in [-0.2, -0.15) is 11.8 Å². The van der Waals surface area contributed by atoms with Crippen molar-refractivity contribution in [2.45, 2.75) is 37.9 Å². The molecular formula is C20H38N4O2S. The normalized spacial score (nSPS) is 27.1. The minimum Gasteiger partial charge on any atom is -0.381 e. The summed E-state index contributed by atoms with van der Waals surface area (Å²) in [4.78, 5) is 10.2. The number of hydrogen-bond acceptors (Lipinski definition) is 5. The molecule has 3 aliphatic rings. The second-order valence-corrected chi connectivity index (χ2v) is 9.64. The summed E-state index contributed by atoms with van der Waals surface area (Å²) in [6.07, 6.45) is 3.51. The number of nitrogens with zero attached hydrogens (tertiary/aromatic N) is 3. The number of nitrogens with one attached hydrogen (secondary N) is 1. The molecule has 0 aliphatic carbocycles. The maximum Gasteiger partial charge on any atom is 0.193 e. The zero-order chi connectivity index (χ0) is 19.0. The Morgan fingerprint density at radius 3 is 2.56 bits per heavy atom. The van der Waals surface area contributed by atoms with Gasteiger partial charge in [0.2, 0.25) is 0 Å². The van der Waals surface area contributed by atoms with Crippen LogP contribution in [0.1, 0.15) is 33.1 Å². The molecule has 3 heterocycles. The van der Waals surface area contributed by atoms with E-state index in [1.807, 2.05) is 0 Å². The Hall–Kier alpha value is -0.500. The third-order valence-corrected chi connectivity index (χ3v) is 7.35. The molecule has 7 heteroatoms. The predicted octanol–water partition coefficient (Wildman–Crippen LogP) is 1.91. The fraction of sp³-hybridized carbons (Fsp3) is 0.950. The minimum atomic E-state index is 0.264. The van der Waals surface area contributed by atoms with E-state index < -0.39 is 0 Å². The van der Waals surface area contributed by atoms with Crippen LogP contribution in [0.3, 0.4) is 0 Å². The molecule has 0 saturated carbocycles. The molecule has 0 amide bonds. The second-order valence-electron chi connectivity index (χ2n) is 7.91. The van der Waals surface area contributed by atoms with Gasteiger partial charge in [-0.05, 0) is 37.9 Å². The topological polar surface area (TPSA) is 49.3 Å². The molecule has 0 aromatic rings. The van der Waals surface area contributed by atoms with Crippen LogP contribution in [0.2, 0.25) is 0 Å². The van der Waals surface area contributed by atoms with Crippen molar-refractivity contribution in [1.82, 2.24) is 15.1 Å².